The van der Waals surface area contributed by atoms with Gasteiger partial charge in [0.1, 0.15) is 17.7 Å². The summed E-state index contributed by atoms with van der Waals surface area (Å²) in [6.07, 6.45) is 1.82. The van der Waals surface area contributed by atoms with E-state index in [-0.39, 0.29) is 35.9 Å². The molecule has 3 aromatic carbocycles. The largest absolute Gasteiger partial charge is 0.493 e. The number of amides is 5. The van der Waals surface area contributed by atoms with Gasteiger partial charge in [-0.25, -0.2) is 9.97 Å². The van der Waals surface area contributed by atoms with Gasteiger partial charge < -0.3 is 34.9 Å². The first-order chi connectivity index (χ1) is 28.1. The topological polar surface area (TPSA) is 199 Å². The Morgan fingerprint density at radius 1 is 0.897 bits per heavy atom. The van der Waals surface area contributed by atoms with Crippen LogP contribution in [0.1, 0.15) is 77.2 Å². The Labute approximate surface area is 336 Å². The number of nitrogens with one attached hydrogen (secondary N) is 4. The highest BCUT2D eigenvalue weighted by Gasteiger charge is 2.45. The van der Waals surface area contributed by atoms with Crippen molar-refractivity contribution in [2.24, 2.45) is 0 Å². The molecule has 0 bridgehead atoms. The number of piperidine rings is 1. The molecule has 0 saturated carbocycles. The fourth-order valence-electron chi connectivity index (χ4n) is 6.83. The van der Waals surface area contributed by atoms with E-state index in [1.54, 1.807) is 25.3 Å². The third-order valence-electron chi connectivity index (χ3n) is 9.77. The van der Waals surface area contributed by atoms with E-state index >= 15 is 0 Å². The van der Waals surface area contributed by atoms with Crippen LogP contribution in [0.2, 0.25) is 0 Å². The lowest BCUT2D eigenvalue weighted by molar-refractivity contribution is -0.136. The number of aryl methyl sites for hydroxylation is 1. The number of rotatable bonds is 21. The van der Waals surface area contributed by atoms with Crippen molar-refractivity contribution in [2.75, 3.05) is 63.9 Å². The van der Waals surface area contributed by atoms with E-state index in [1.807, 2.05) is 37.3 Å². The van der Waals surface area contributed by atoms with Crippen molar-refractivity contribution in [1.29, 1.82) is 0 Å². The Kier molecular flexibility index (Phi) is 14.2. The fourth-order valence-corrected chi connectivity index (χ4v) is 6.83. The molecule has 4 N–H and O–H groups in total. The summed E-state index contributed by atoms with van der Waals surface area (Å²) in [5.41, 5.74) is 2.74. The predicted octanol–water partition coefficient (Wildman–Crippen LogP) is 4.33. The lowest BCUT2D eigenvalue weighted by atomic mass is 10.0. The molecular formula is C42H49N7O9. The number of carbonyl (C=O) groups excluding carboxylic acids is 5. The maximum absolute atomic E-state index is 13.2. The van der Waals surface area contributed by atoms with Crippen molar-refractivity contribution in [2.45, 2.75) is 58.0 Å². The minimum atomic E-state index is -1.03. The van der Waals surface area contributed by atoms with Crippen molar-refractivity contribution >= 4 is 51.9 Å². The van der Waals surface area contributed by atoms with Crippen LogP contribution < -0.4 is 30.7 Å². The first-order valence-corrected chi connectivity index (χ1v) is 19.5. The van der Waals surface area contributed by atoms with Crippen LogP contribution in [0.3, 0.4) is 0 Å². The summed E-state index contributed by atoms with van der Waals surface area (Å²) in [6.45, 7) is 6.36. The summed E-state index contributed by atoms with van der Waals surface area (Å²) in [5.74, 6) is 0.219. The summed E-state index contributed by atoms with van der Waals surface area (Å²) >= 11 is 0. The molecule has 0 spiro atoms. The molecule has 1 unspecified atom stereocenters. The zero-order chi connectivity index (χ0) is 41.0. The number of fused-ring (bicyclic) bond motifs is 2. The van der Waals surface area contributed by atoms with Crippen LogP contribution in [0, 0.1) is 6.92 Å². The SMILES string of the molecule is COc1cc2c(N[C@H](C)c3ccccc3)nc(C)nc2cc1OCCCCC(=O)NCCOCCOCCNc1cccc2c1C(=O)N(C1CCC(=O)NC1=O)C2=O. The second-order valence-electron chi connectivity index (χ2n) is 13.9. The molecule has 2 aliphatic rings. The van der Waals surface area contributed by atoms with Gasteiger partial charge in [-0.05, 0) is 56.9 Å². The van der Waals surface area contributed by atoms with E-state index in [2.05, 4.69) is 50.3 Å². The van der Waals surface area contributed by atoms with Crippen molar-refractivity contribution < 1.29 is 42.9 Å². The van der Waals surface area contributed by atoms with E-state index in [9.17, 15) is 24.0 Å². The number of hydrogen-bond acceptors (Lipinski definition) is 13. The molecule has 58 heavy (non-hydrogen) atoms. The molecule has 0 radical (unpaired) electrons. The Morgan fingerprint density at radius 3 is 2.43 bits per heavy atom. The monoisotopic (exact) mass is 795 g/mol. The fraction of sp³-hybridized carbons (Fsp3) is 0.405. The number of ether oxygens (including phenoxy) is 4. The van der Waals surface area contributed by atoms with Gasteiger partial charge >= 0.3 is 0 Å². The van der Waals surface area contributed by atoms with Gasteiger partial charge in [-0.2, -0.15) is 0 Å². The van der Waals surface area contributed by atoms with Crippen molar-refractivity contribution in [3.8, 4) is 11.5 Å². The van der Waals surface area contributed by atoms with Gasteiger partial charge in [0.15, 0.2) is 11.5 Å². The number of unbranched alkanes of at least 4 members (excludes halogenated alkanes) is 1. The normalized spacial score (nSPS) is 15.6. The molecule has 1 aromatic heterocycles. The molecule has 16 nitrogen and oxygen atoms in total. The second kappa shape index (κ2) is 19.8. The summed E-state index contributed by atoms with van der Waals surface area (Å²) in [7, 11) is 1.60. The maximum Gasteiger partial charge on any atom is 0.264 e. The van der Waals surface area contributed by atoms with E-state index in [1.165, 1.54) is 0 Å². The van der Waals surface area contributed by atoms with E-state index in [0.717, 1.165) is 27.2 Å². The van der Waals surface area contributed by atoms with E-state index < -0.39 is 29.7 Å². The van der Waals surface area contributed by atoms with Gasteiger partial charge in [0.2, 0.25) is 17.7 Å². The molecule has 4 aromatic rings. The quantitative estimate of drug-likeness (QED) is 0.0687. The zero-order valence-electron chi connectivity index (χ0n) is 32.9. The van der Waals surface area contributed by atoms with Crippen LogP contribution in [-0.2, 0) is 23.9 Å². The average molecular weight is 796 g/mol. The Hall–Kier alpha value is -6.13. The predicted molar refractivity (Wildman–Crippen MR) is 215 cm³/mol. The standard InChI is InChI=1S/C42H49N7O9/c1-26(28-10-5-4-6-11-28)45-39-30-24-34(55-3)35(25-32(30)46-27(2)47-39)58-19-8-7-14-36(50)44-18-21-57-23-22-56-20-17-43-31-13-9-12-29-38(31)42(54)49(41(29)53)33-15-16-37(51)48-40(33)52/h4-6,9-13,24-26,33,43H,7-8,14-23H2,1-3H3,(H,44,50)(H,45,46,47)(H,48,51,52)/t26-,33?/m1/s1. The number of hydrogen-bond donors (Lipinski definition) is 4. The van der Waals surface area contributed by atoms with Gasteiger partial charge in [-0.1, -0.05) is 36.4 Å². The number of carbonyl (C=O) groups is 5. The van der Waals surface area contributed by atoms with E-state index in [4.69, 9.17) is 18.9 Å². The van der Waals surface area contributed by atoms with Crippen molar-refractivity contribution in [3.63, 3.8) is 0 Å². The summed E-state index contributed by atoms with van der Waals surface area (Å²) in [5, 5.41) is 12.5. The molecule has 1 saturated heterocycles. The minimum absolute atomic E-state index is 0.0333. The van der Waals surface area contributed by atoms with Crippen molar-refractivity contribution in [1.82, 2.24) is 25.5 Å². The molecular weight excluding hydrogens is 747 g/mol. The molecule has 5 amide bonds. The van der Waals surface area contributed by atoms with Crippen LogP contribution in [0.4, 0.5) is 11.5 Å². The number of methoxy groups -OCH3 is 1. The summed E-state index contributed by atoms with van der Waals surface area (Å²) in [6, 6.07) is 17.8. The maximum atomic E-state index is 13.2. The number of imide groups is 2. The zero-order valence-corrected chi connectivity index (χ0v) is 32.9. The Balaban J connectivity index is 0.828. The highest BCUT2D eigenvalue weighted by atomic mass is 16.5. The summed E-state index contributed by atoms with van der Waals surface area (Å²) in [4.78, 5) is 72.7. The first-order valence-electron chi connectivity index (χ1n) is 19.5. The smallest absolute Gasteiger partial charge is 0.264 e. The van der Waals surface area contributed by atoms with Gasteiger partial charge in [-0.15, -0.1) is 0 Å². The molecule has 306 valence electrons. The third kappa shape index (κ3) is 10.2. The molecule has 1 fully saturated rings. The van der Waals surface area contributed by atoms with Crippen molar-refractivity contribution in [3.05, 3.63) is 83.2 Å². The molecule has 16 heteroatoms. The average Bonchev–Trinajstić information content (AvgIpc) is 3.47. The van der Waals surface area contributed by atoms with Crippen LogP contribution in [-0.4, -0.2) is 104 Å². The Morgan fingerprint density at radius 2 is 1.67 bits per heavy atom. The van der Waals surface area contributed by atoms with Crippen LogP contribution in [0.15, 0.2) is 60.7 Å². The number of aromatic nitrogens is 2. The van der Waals surface area contributed by atoms with Crippen LogP contribution >= 0.6 is 0 Å². The molecule has 2 atom stereocenters. The van der Waals surface area contributed by atoms with Crippen LogP contribution in [0.5, 0.6) is 11.5 Å². The lowest BCUT2D eigenvalue weighted by Crippen LogP contribution is -2.54. The lowest BCUT2D eigenvalue weighted by Gasteiger charge is -2.27. The minimum Gasteiger partial charge on any atom is -0.493 e. The van der Waals surface area contributed by atoms with Crippen LogP contribution in [0.25, 0.3) is 10.9 Å². The summed E-state index contributed by atoms with van der Waals surface area (Å²) < 4.78 is 22.9. The highest BCUT2D eigenvalue weighted by Crippen LogP contribution is 2.36. The van der Waals surface area contributed by atoms with E-state index in [0.29, 0.717) is 88.4 Å². The second-order valence-corrected chi connectivity index (χ2v) is 13.9. The van der Waals surface area contributed by atoms with Gasteiger partial charge in [-0.3, -0.25) is 34.2 Å². The third-order valence-corrected chi connectivity index (χ3v) is 9.77. The highest BCUT2D eigenvalue weighted by molar-refractivity contribution is 6.25. The molecule has 0 aliphatic carbocycles. The number of benzene rings is 3. The molecule has 6 rings (SSSR count). The van der Waals surface area contributed by atoms with Gasteiger partial charge in [0.05, 0.1) is 56.8 Å². The number of nitrogens with zero attached hydrogens (tertiary/aromatic N) is 3. The Bertz CT molecular complexity index is 2130. The first kappa shape index (κ1) is 41.5. The molecule has 2 aliphatic heterocycles. The number of anilines is 2. The van der Waals surface area contributed by atoms with Gasteiger partial charge in [0.25, 0.3) is 11.8 Å². The molecule has 3 heterocycles. The van der Waals surface area contributed by atoms with Gasteiger partial charge in [0, 0.05) is 49.1 Å².